The number of hydrogen-bond acceptors (Lipinski definition) is 9. The third-order valence-corrected chi connectivity index (χ3v) is 8.53. The van der Waals surface area contributed by atoms with Gasteiger partial charge in [0.05, 0.1) is 38.5 Å². The maximum atomic E-state index is 13.7. The number of thiazole rings is 2. The molecule has 4 aromatic rings. The van der Waals surface area contributed by atoms with Gasteiger partial charge in [0, 0.05) is 38.0 Å². The summed E-state index contributed by atoms with van der Waals surface area (Å²) in [7, 11) is -3.45. The molecule has 0 unspecified atom stereocenters. The Morgan fingerprint density at radius 3 is 2.74 bits per heavy atom. The monoisotopic (exact) mass is 538 g/mol. The second kappa shape index (κ2) is 10.2. The first-order valence-electron chi connectivity index (χ1n) is 10.4. The Labute approximate surface area is 211 Å². The van der Waals surface area contributed by atoms with E-state index >= 15 is 0 Å². The van der Waals surface area contributed by atoms with Crippen LogP contribution in [0.15, 0.2) is 46.8 Å². The van der Waals surface area contributed by atoms with Crippen LogP contribution in [0.1, 0.15) is 10.4 Å². The molecule has 5 rings (SSSR count). The summed E-state index contributed by atoms with van der Waals surface area (Å²) < 4.78 is 31.7. The molecule has 1 saturated heterocycles. The topological polar surface area (TPSA) is 92.7 Å². The average Bonchev–Trinajstić information content (AvgIpc) is 3.45. The molecule has 12 heteroatoms. The van der Waals surface area contributed by atoms with Gasteiger partial charge in [-0.15, -0.1) is 23.7 Å². The lowest BCUT2D eigenvalue weighted by molar-refractivity contribution is 0.0391. The fourth-order valence-corrected chi connectivity index (χ4v) is 6.45. The van der Waals surface area contributed by atoms with Crippen molar-refractivity contribution in [3.05, 3.63) is 47.5 Å². The highest BCUT2D eigenvalue weighted by molar-refractivity contribution is 7.91. The maximum absolute atomic E-state index is 13.7. The van der Waals surface area contributed by atoms with Crippen LogP contribution in [0.2, 0.25) is 0 Å². The number of nitrogens with zero attached hydrogens (tertiary/aromatic N) is 4. The van der Waals surface area contributed by atoms with Gasteiger partial charge in [-0.1, -0.05) is 17.4 Å². The molecule has 2 aromatic heterocycles. The second-order valence-corrected chi connectivity index (χ2v) is 11.7. The fourth-order valence-electron chi connectivity index (χ4n) is 3.82. The number of halogens is 1. The lowest BCUT2D eigenvalue weighted by Crippen LogP contribution is -2.43. The van der Waals surface area contributed by atoms with Gasteiger partial charge in [0.1, 0.15) is 5.52 Å². The van der Waals surface area contributed by atoms with Crippen molar-refractivity contribution in [3.63, 3.8) is 0 Å². The standard InChI is InChI=1S/C22H22N4O4S3.ClH/c1-33(28,29)19-4-2-3-17-20(19)24-22(32-17)26(8-7-25-9-11-30-12-10-25)21(27)15-5-6-16-18(13-15)31-14-23-16;/h2-6,13-14H,7-12H2,1H3;1H. The Hall–Kier alpha value is -2.15. The SMILES string of the molecule is CS(=O)(=O)c1cccc2sc(N(CCN3CCOCC3)C(=O)c3ccc4ncsc4c3)nc12.Cl. The highest BCUT2D eigenvalue weighted by Crippen LogP contribution is 2.33. The number of aromatic nitrogens is 2. The van der Waals surface area contributed by atoms with E-state index in [9.17, 15) is 13.2 Å². The molecule has 2 aromatic carbocycles. The van der Waals surface area contributed by atoms with Gasteiger partial charge in [0.15, 0.2) is 15.0 Å². The Balaban J connectivity index is 0.00000274. The van der Waals surface area contributed by atoms with Gasteiger partial charge in [-0.05, 0) is 30.3 Å². The number of morpholine rings is 1. The molecule has 1 fully saturated rings. The lowest BCUT2D eigenvalue weighted by atomic mass is 10.2. The third-order valence-electron chi connectivity index (χ3n) is 5.57. The van der Waals surface area contributed by atoms with Crippen molar-refractivity contribution in [2.75, 3.05) is 50.5 Å². The molecule has 0 N–H and O–H groups in total. The number of rotatable bonds is 6. The number of ether oxygens (including phenoxy) is 1. The third kappa shape index (κ3) is 5.09. The zero-order chi connectivity index (χ0) is 23.0. The van der Waals surface area contributed by atoms with Crippen LogP contribution in [0.25, 0.3) is 20.4 Å². The largest absolute Gasteiger partial charge is 0.379 e. The first-order valence-corrected chi connectivity index (χ1v) is 14.0. The highest BCUT2D eigenvalue weighted by Gasteiger charge is 2.25. The number of carbonyl (C=O) groups is 1. The van der Waals surface area contributed by atoms with E-state index in [1.165, 1.54) is 28.9 Å². The summed E-state index contributed by atoms with van der Waals surface area (Å²) in [5, 5.41) is 0.490. The molecule has 1 aliphatic heterocycles. The van der Waals surface area contributed by atoms with E-state index in [2.05, 4.69) is 14.9 Å². The molecule has 8 nitrogen and oxygen atoms in total. The number of amides is 1. The van der Waals surface area contributed by atoms with Crippen molar-refractivity contribution in [3.8, 4) is 0 Å². The minimum Gasteiger partial charge on any atom is -0.379 e. The van der Waals surface area contributed by atoms with Crippen LogP contribution in [-0.4, -0.2) is 74.8 Å². The summed E-state index contributed by atoms with van der Waals surface area (Å²) in [4.78, 5) is 26.7. The molecular formula is C22H23ClN4O4S3. The van der Waals surface area contributed by atoms with Crippen molar-refractivity contribution >= 4 is 76.4 Å². The molecule has 0 bridgehead atoms. The summed E-state index contributed by atoms with van der Waals surface area (Å²) in [6.45, 7) is 4.09. The van der Waals surface area contributed by atoms with Crippen molar-refractivity contribution in [2.24, 2.45) is 0 Å². The summed E-state index contributed by atoms with van der Waals surface area (Å²) in [5.74, 6) is -0.168. The predicted octanol–water partition coefficient (Wildman–Crippen LogP) is 3.71. The Kier molecular flexibility index (Phi) is 7.51. The normalized spacial score (nSPS) is 14.9. The molecule has 1 amide bonds. The van der Waals surface area contributed by atoms with E-state index in [4.69, 9.17) is 4.74 Å². The van der Waals surface area contributed by atoms with E-state index in [0.717, 1.165) is 28.0 Å². The number of benzene rings is 2. The van der Waals surface area contributed by atoms with E-state index < -0.39 is 9.84 Å². The second-order valence-electron chi connectivity index (χ2n) is 7.82. The van der Waals surface area contributed by atoms with Gasteiger partial charge in [0.25, 0.3) is 5.91 Å². The average molecular weight is 539 g/mol. The van der Waals surface area contributed by atoms with Gasteiger partial charge in [0.2, 0.25) is 0 Å². The lowest BCUT2D eigenvalue weighted by Gasteiger charge is -2.29. The van der Waals surface area contributed by atoms with Crippen LogP contribution in [0, 0.1) is 0 Å². The van der Waals surface area contributed by atoms with Crippen LogP contribution >= 0.6 is 35.1 Å². The van der Waals surface area contributed by atoms with Crippen molar-refractivity contribution in [1.29, 1.82) is 0 Å². The van der Waals surface area contributed by atoms with E-state index in [0.29, 0.717) is 42.5 Å². The summed E-state index contributed by atoms with van der Waals surface area (Å²) in [6, 6.07) is 10.6. The summed E-state index contributed by atoms with van der Waals surface area (Å²) >= 11 is 2.81. The van der Waals surface area contributed by atoms with Crippen molar-refractivity contribution < 1.29 is 17.9 Å². The number of para-hydroxylation sites is 1. The maximum Gasteiger partial charge on any atom is 0.260 e. The smallest absolute Gasteiger partial charge is 0.260 e. The predicted molar refractivity (Wildman–Crippen MR) is 139 cm³/mol. The first kappa shape index (κ1) is 25.0. The molecule has 0 radical (unpaired) electrons. The number of hydrogen-bond donors (Lipinski definition) is 0. The molecular weight excluding hydrogens is 516 g/mol. The number of anilines is 1. The molecule has 0 spiro atoms. The van der Waals surface area contributed by atoms with Gasteiger partial charge in [-0.2, -0.15) is 0 Å². The molecule has 180 valence electrons. The number of sulfone groups is 1. The van der Waals surface area contributed by atoms with Crippen LogP contribution < -0.4 is 4.90 Å². The number of carbonyl (C=O) groups excluding carboxylic acids is 1. The number of fused-ring (bicyclic) bond motifs is 2. The minimum absolute atomic E-state index is 0. The van der Waals surface area contributed by atoms with Crippen LogP contribution in [0.4, 0.5) is 5.13 Å². The zero-order valence-corrected chi connectivity index (χ0v) is 21.6. The Morgan fingerprint density at radius 2 is 1.97 bits per heavy atom. The van der Waals surface area contributed by atoms with Crippen molar-refractivity contribution in [1.82, 2.24) is 14.9 Å². The van der Waals surface area contributed by atoms with E-state index in [1.807, 2.05) is 18.2 Å². The Morgan fingerprint density at radius 1 is 1.18 bits per heavy atom. The van der Waals surface area contributed by atoms with Crippen molar-refractivity contribution in [2.45, 2.75) is 4.90 Å². The van der Waals surface area contributed by atoms with Crippen LogP contribution in [-0.2, 0) is 14.6 Å². The quantitative estimate of drug-likeness (QED) is 0.369. The molecule has 0 saturated carbocycles. The van der Waals surface area contributed by atoms with Gasteiger partial charge in [-0.3, -0.25) is 14.6 Å². The van der Waals surface area contributed by atoms with E-state index in [-0.39, 0.29) is 23.2 Å². The van der Waals surface area contributed by atoms with Gasteiger partial charge in [-0.25, -0.2) is 18.4 Å². The molecule has 1 aliphatic rings. The van der Waals surface area contributed by atoms with Crippen LogP contribution in [0.3, 0.4) is 0 Å². The molecule has 34 heavy (non-hydrogen) atoms. The highest BCUT2D eigenvalue weighted by atomic mass is 35.5. The first-order chi connectivity index (χ1) is 15.9. The molecule has 0 aliphatic carbocycles. The summed E-state index contributed by atoms with van der Waals surface area (Å²) in [6.07, 6.45) is 1.17. The molecule has 3 heterocycles. The fraction of sp³-hybridized carbons (Fsp3) is 0.318. The minimum atomic E-state index is -3.45. The molecule has 0 atom stereocenters. The van der Waals surface area contributed by atoms with E-state index in [1.54, 1.807) is 28.6 Å². The zero-order valence-electron chi connectivity index (χ0n) is 18.3. The summed E-state index contributed by atoms with van der Waals surface area (Å²) in [5.41, 5.74) is 3.57. The van der Waals surface area contributed by atoms with Gasteiger partial charge < -0.3 is 4.74 Å². The Bertz CT molecular complexity index is 1430. The van der Waals surface area contributed by atoms with Gasteiger partial charge >= 0.3 is 0 Å². The van der Waals surface area contributed by atoms with Crippen LogP contribution in [0.5, 0.6) is 0 Å².